The molecule has 1 aromatic rings. The number of nitro benzene ring substituents is 1. The van der Waals surface area contributed by atoms with Gasteiger partial charge in [0.2, 0.25) is 10.0 Å². The van der Waals surface area contributed by atoms with E-state index < -0.39 is 42.6 Å². The van der Waals surface area contributed by atoms with Gasteiger partial charge in [-0.1, -0.05) is 0 Å². The highest BCUT2D eigenvalue weighted by Gasteiger charge is 2.41. The van der Waals surface area contributed by atoms with Crippen molar-refractivity contribution < 1.29 is 17.7 Å². The fourth-order valence-corrected chi connectivity index (χ4v) is 3.92. The number of non-ortho nitro benzene ring substituents is 1. The summed E-state index contributed by atoms with van der Waals surface area (Å²) in [5.41, 5.74) is 3.69. The van der Waals surface area contributed by atoms with Gasteiger partial charge in [0.25, 0.3) is 5.69 Å². The summed E-state index contributed by atoms with van der Waals surface area (Å²) in [5, 5.41) is 10.6. The molecule has 0 heterocycles. The first kappa shape index (κ1) is 15.6. The molecule has 1 aliphatic carbocycles. The topological polar surface area (TPSA) is 115 Å². The van der Waals surface area contributed by atoms with Crippen molar-refractivity contribution in [3.05, 3.63) is 28.1 Å². The van der Waals surface area contributed by atoms with Gasteiger partial charge in [0.1, 0.15) is 4.90 Å². The smallest absolute Gasteiger partial charge is 0.274 e. The molecule has 0 radical (unpaired) electrons. The zero-order valence-corrected chi connectivity index (χ0v) is 12.4. The lowest BCUT2D eigenvalue weighted by molar-refractivity contribution is -0.385. The first-order chi connectivity index (χ1) is 9.54. The Bertz CT molecular complexity index is 675. The van der Waals surface area contributed by atoms with E-state index in [1.165, 1.54) is 0 Å². The molecule has 1 fully saturated rings. The molecule has 1 aliphatic rings. The Labute approximate surface area is 121 Å². The maximum atomic E-state index is 14.0. The van der Waals surface area contributed by atoms with Crippen molar-refractivity contribution in [2.45, 2.75) is 37.1 Å². The summed E-state index contributed by atoms with van der Waals surface area (Å²) >= 11 is 0. The van der Waals surface area contributed by atoms with Crippen LogP contribution in [-0.4, -0.2) is 18.9 Å². The van der Waals surface area contributed by atoms with Crippen LogP contribution in [-0.2, 0) is 10.0 Å². The van der Waals surface area contributed by atoms with Crippen LogP contribution in [0, 0.1) is 21.8 Å². The molecule has 0 unspecified atom stereocenters. The van der Waals surface area contributed by atoms with Crippen molar-refractivity contribution in [2.24, 2.45) is 5.92 Å². The lowest BCUT2D eigenvalue weighted by Crippen LogP contribution is -2.45. The predicted molar refractivity (Wildman–Crippen MR) is 74.6 cm³/mol. The van der Waals surface area contributed by atoms with Crippen molar-refractivity contribution in [1.29, 1.82) is 0 Å². The number of nitrogens with one attached hydrogen (secondary N) is 1. The fourth-order valence-electron chi connectivity index (χ4n) is 2.27. The van der Waals surface area contributed by atoms with Gasteiger partial charge in [-0.2, -0.15) is 0 Å². The highest BCUT2D eigenvalue weighted by molar-refractivity contribution is 7.89. The maximum Gasteiger partial charge on any atom is 0.274 e. The molecular weight excluding hydrogens is 301 g/mol. The number of nitrogen functional groups attached to an aromatic ring is 1. The molecule has 0 amide bonds. The van der Waals surface area contributed by atoms with Gasteiger partial charge in [-0.25, -0.2) is 17.5 Å². The number of anilines is 1. The average Bonchev–Trinajstić information content (AvgIpc) is 3.08. The number of nitrogens with zero attached hydrogens (tertiary/aromatic N) is 1. The first-order valence-electron chi connectivity index (χ1n) is 6.32. The van der Waals surface area contributed by atoms with Gasteiger partial charge < -0.3 is 5.73 Å². The lowest BCUT2D eigenvalue weighted by Gasteiger charge is -2.26. The van der Waals surface area contributed by atoms with Gasteiger partial charge in [-0.15, -0.1) is 0 Å². The van der Waals surface area contributed by atoms with Crippen LogP contribution in [0.1, 0.15) is 26.7 Å². The maximum absolute atomic E-state index is 14.0. The zero-order chi connectivity index (χ0) is 16.0. The van der Waals surface area contributed by atoms with Crippen molar-refractivity contribution in [3.8, 4) is 0 Å². The molecular formula is C12H16FN3O4S. The van der Waals surface area contributed by atoms with Gasteiger partial charge in [-0.3, -0.25) is 10.1 Å². The summed E-state index contributed by atoms with van der Waals surface area (Å²) in [7, 11) is -4.20. The first-order valence-corrected chi connectivity index (χ1v) is 7.80. The molecule has 0 bridgehead atoms. The van der Waals surface area contributed by atoms with Crippen LogP contribution >= 0.6 is 0 Å². The number of hydrogen-bond donors (Lipinski definition) is 2. The summed E-state index contributed by atoms with van der Waals surface area (Å²) in [6, 6.07) is 1.39. The molecule has 0 aromatic heterocycles. The average molecular weight is 317 g/mol. The van der Waals surface area contributed by atoms with E-state index in [0.29, 0.717) is 6.07 Å². The van der Waals surface area contributed by atoms with Gasteiger partial charge >= 0.3 is 0 Å². The highest BCUT2D eigenvalue weighted by atomic mass is 32.2. The third-order valence-corrected chi connectivity index (χ3v) is 5.30. The van der Waals surface area contributed by atoms with Crippen LogP contribution in [0.25, 0.3) is 0 Å². The number of hydrogen-bond acceptors (Lipinski definition) is 5. The second-order valence-corrected chi connectivity index (χ2v) is 7.32. The summed E-state index contributed by atoms with van der Waals surface area (Å²) in [5.74, 6) is -1.05. The van der Waals surface area contributed by atoms with Crippen LogP contribution in [0.2, 0.25) is 0 Å². The molecule has 1 saturated carbocycles. The molecule has 3 N–H and O–H groups in total. The van der Waals surface area contributed by atoms with Gasteiger partial charge in [0, 0.05) is 11.6 Å². The van der Waals surface area contributed by atoms with Gasteiger partial charge in [0.05, 0.1) is 16.7 Å². The Morgan fingerprint density at radius 1 is 1.43 bits per heavy atom. The molecule has 9 heteroatoms. The lowest BCUT2D eigenvalue weighted by atomic mass is 10.0. The molecule has 21 heavy (non-hydrogen) atoms. The zero-order valence-electron chi connectivity index (χ0n) is 11.6. The number of halogens is 1. The van der Waals surface area contributed by atoms with Crippen LogP contribution in [0.5, 0.6) is 0 Å². The molecule has 0 aliphatic heterocycles. The van der Waals surface area contributed by atoms with Crippen LogP contribution in [0.3, 0.4) is 0 Å². The summed E-state index contributed by atoms with van der Waals surface area (Å²) in [4.78, 5) is 9.03. The third kappa shape index (κ3) is 3.13. The largest absolute Gasteiger partial charge is 0.397 e. The summed E-state index contributed by atoms with van der Waals surface area (Å²) < 4.78 is 41.0. The summed E-state index contributed by atoms with van der Waals surface area (Å²) in [6.07, 6.45) is 1.79. The van der Waals surface area contributed by atoms with E-state index >= 15 is 0 Å². The Hall–Kier alpha value is -1.74. The van der Waals surface area contributed by atoms with E-state index in [1.54, 1.807) is 13.8 Å². The van der Waals surface area contributed by atoms with Crippen LogP contribution in [0.15, 0.2) is 17.0 Å². The quantitative estimate of drug-likeness (QED) is 0.488. The molecule has 7 nitrogen and oxygen atoms in total. The van der Waals surface area contributed by atoms with Crippen molar-refractivity contribution in [2.75, 3.05) is 5.73 Å². The number of benzene rings is 1. The SMILES string of the molecule is CC(C)(NS(=O)(=O)c1c(N)cc([N+](=O)[O-])cc1F)C1CC1. The van der Waals surface area contributed by atoms with E-state index in [1.807, 2.05) is 0 Å². The summed E-state index contributed by atoms with van der Waals surface area (Å²) in [6.45, 7) is 3.42. The van der Waals surface area contributed by atoms with E-state index in [9.17, 15) is 22.9 Å². The minimum Gasteiger partial charge on any atom is -0.397 e. The standard InChI is InChI=1S/C12H16FN3O4S/c1-12(2,7-3-4-7)15-21(19,20)11-9(13)5-8(16(17)18)6-10(11)14/h5-7,15H,3-4,14H2,1-2H3. The molecule has 1 aromatic carbocycles. The van der Waals surface area contributed by atoms with Crippen molar-refractivity contribution in [3.63, 3.8) is 0 Å². The Balaban J connectivity index is 2.43. The minimum atomic E-state index is -4.20. The fraction of sp³-hybridized carbons (Fsp3) is 0.500. The van der Waals surface area contributed by atoms with Crippen LogP contribution in [0.4, 0.5) is 15.8 Å². The van der Waals surface area contributed by atoms with Crippen molar-refractivity contribution in [1.82, 2.24) is 4.72 Å². The number of rotatable bonds is 5. The van der Waals surface area contributed by atoms with E-state index in [2.05, 4.69) is 4.72 Å². The van der Waals surface area contributed by atoms with E-state index in [4.69, 9.17) is 5.73 Å². The molecule has 2 rings (SSSR count). The normalized spacial score (nSPS) is 16.0. The Morgan fingerprint density at radius 3 is 2.43 bits per heavy atom. The third-order valence-electron chi connectivity index (χ3n) is 3.53. The van der Waals surface area contributed by atoms with E-state index in [0.717, 1.165) is 18.9 Å². The monoisotopic (exact) mass is 317 g/mol. The predicted octanol–water partition coefficient (Wildman–Crippen LogP) is 1.78. The van der Waals surface area contributed by atoms with Crippen molar-refractivity contribution >= 4 is 21.4 Å². The second kappa shape index (κ2) is 4.92. The van der Waals surface area contributed by atoms with Gasteiger partial charge in [-0.05, 0) is 32.6 Å². The highest BCUT2D eigenvalue weighted by Crippen LogP contribution is 2.40. The van der Waals surface area contributed by atoms with Gasteiger partial charge in [0.15, 0.2) is 5.82 Å². The Morgan fingerprint density at radius 2 is 2.00 bits per heavy atom. The van der Waals surface area contributed by atoms with Crippen LogP contribution < -0.4 is 10.5 Å². The number of nitrogens with two attached hydrogens (primary N) is 1. The molecule has 0 atom stereocenters. The molecule has 116 valence electrons. The number of nitro groups is 1. The minimum absolute atomic E-state index is 0.189. The second-order valence-electron chi connectivity index (χ2n) is 5.70. The molecule has 0 spiro atoms. The Kier molecular flexibility index (Phi) is 3.66. The number of sulfonamides is 1. The van der Waals surface area contributed by atoms with E-state index in [-0.39, 0.29) is 5.92 Å². The molecule has 0 saturated heterocycles.